The third-order valence-electron chi connectivity index (χ3n) is 6.43. The number of hydrogen-bond acceptors (Lipinski definition) is 6. The van der Waals surface area contributed by atoms with Crippen LogP contribution in [0.4, 0.5) is 5.69 Å². The van der Waals surface area contributed by atoms with Gasteiger partial charge in [-0.2, -0.15) is 12.7 Å². The van der Waals surface area contributed by atoms with Gasteiger partial charge in [0.05, 0.1) is 6.54 Å². The molecule has 2 aromatic rings. The van der Waals surface area contributed by atoms with Gasteiger partial charge in [0.1, 0.15) is 17.4 Å². The quantitative estimate of drug-likeness (QED) is 0.444. The Morgan fingerprint density at radius 2 is 1.86 bits per heavy atom. The average Bonchev–Trinajstić information content (AvgIpc) is 3.44. The number of anilines is 1. The predicted molar refractivity (Wildman–Crippen MR) is 138 cm³/mol. The minimum Gasteiger partial charge on any atom is -0.461 e. The molecule has 36 heavy (non-hydrogen) atoms. The summed E-state index contributed by atoms with van der Waals surface area (Å²) >= 11 is 0. The first-order valence-corrected chi connectivity index (χ1v) is 13.7. The Labute approximate surface area is 211 Å². The van der Waals surface area contributed by atoms with E-state index in [9.17, 15) is 18.0 Å². The molecule has 1 unspecified atom stereocenters. The van der Waals surface area contributed by atoms with E-state index in [1.807, 2.05) is 19.1 Å². The van der Waals surface area contributed by atoms with Crippen molar-refractivity contribution in [2.45, 2.75) is 45.1 Å². The number of benzene rings is 1. The zero-order valence-electron chi connectivity index (χ0n) is 21.0. The maximum Gasteiger partial charge on any atom is 0.303 e. The summed E-state index contributed by atoms with van der Waals surface area (Å²) in [7, 11) is -1.08. The van der Waals surface area contributed by atoms with E-state index in [2.05, 4.69) is 15.0 Å². The van der Waals surface area contributed by atoms with Crippen LogP contribution in [0.5, 0.6) is 0 Å². The van der Waals surface area contributed by atoms with Crippen molar-refractivity contribution in [3.05, 3.63) is 30.0 Å². The molecule has 1 aromatic heterocycles. The number of carbonyl (C=O) groups is 2. The molecule has 2 N–H and O–H groups in total. The third kappa shape index (κ3) is 6.16. The van der Waals surface area contributed by atoms with Gasteiger partial charge in [-0.25, -0.2) is 9.71 Å². The van der Waals surface area contributed by atoms with Gasteiger partial charge in [0.2, 0.25) is 17.8 Å². The number of fused-ring (bicyclic) bond motifs is 1. The summed E-state index contributed by atoms with van der Waals surface area (Å²) in [6, 6.07) is 6.42. The van der Waals surface area contributed by atoms with Crippen LogP contribution in [0.15, 0.2) is 33.7 Å². The van der Waals surface area contributed by atoms with Gasteiger partial charge in [-0.1, -0.05) is 0 Å². The first-order valence-electron chi connectivity index (χ1n) is 12.2. The van der Waals surface area contributed by atoms with Gasteiger partial charge in [-0.3, -0.25) is 9.59 Å². The van der Waals surface area contributed by atoms with E-state index in [4.69, 9.17) is 4.42 Å². The standard InChI is InChI=1S/C24H34N6O5S/c1-17-14-18-15-19(9-10-21(18)35-17)25-24(27-36(33,34)28(2)3)26-20-8-4-5-13-30(23(20)32)16-22(31)29-11-6-7-12-29/h9-10,14-15,20H,4-8,11-13,16H2,1-3H3,(H2,25,26,27). The van der Waals surface area contributed by atoms with E-state index >= 15 is 0 Å². The molecule has 3 heterocycles. The molecule has 11 nitrogen and oxygen atoms in total. The van der Waals surface area contributed by atoms with Crippen molar-refractivity contribution < 1.29 is 22.4 Å². The Balaban J connectivity index is 1.58. The van der Waals surface area contributed by atoms with Crippen LogP contribution in [0.25, 0.3) is 11.0 Å². The topological polar surface area (TPSA) is 128 Å². The Kier molecular flexibility index (Phi) is 7.84. The molecular formula is C24H34N6O5S. The Morgan fingerprint density at radius 3 is 2.58 bits per heavy atom. The molecular weight excluding hydrogens is 484 g/mol. The predicted octanol–water partition coefficient (Wildman–Crippen LogP) is 1.91. The molecule has 2 saturated heterocycles. The van der Waals surface area contributed by atoms with Gasteiger partial charge in [-0.15, -0.1) is 0 Å². The third-order valence-corrected chi connectivity index (χ3v) is 7.84. The fourth-order valence-corrected chi connectivity index (χ4v) is 4.97. The lowest BCUT2D eigenvalue weighted by atomic mass is 10.1. The SMILES string of the molecule is Cc1cc2cc(NC(=NC3CCCCN(CC(=O)N4CCCC4)C3=O)NS(=O)(=O)N(C)C)ccc2o1. The number of hydrogen-bond donors (Lipinski definition) is 2. The number of guanidine groups is 1. The molecule has 0 bridgehead atoms. The first-order chi connectivity index (χ1) is 17.1. The lowest BCUT2D eigenvalue weighted by Crippen LogP contribution is -2.46. The highest BCUT2D eigenvalue weighted by Crippen LogP contribution is 2.23. The summed E-state index contributed by atoms with van der Waals surface area (Å²) in [6.45, 7) is 3.80. The van der Waals surface area contributed by atoms with Gasteiger partial charge in [0, 0.05) is 44.8 Å². The number of amides is 2. The molecule has 2 aliphatic heterocycles. The largest absolute Gasteiger partial charge is 0.461 e. The zero-order chi connectivity index (χ0) is 25.9. The smallest absolute Gasteiger partial charge is 0.303 e. The van der Waals surface area contributed by atoms with Gasteiger partial charge in [-0.05, 0) is 63.3 Å². The number of likely N-dealkylation sites (tertiary alicyclic amines) is 2. The van der Waals surface area contributed by atoms with Crippen molar-refractivity contribution >= 4 is 44.6 Å². The maximum absolute atomic E-state index is 13.4. The summed E-state index contributed by atoms with van der Waals surface area (Å²) in [5.41, 5.74) is 1.30. The fourth-order valence-electron chi connectivity index (χ4n) is 4.44. The monoisotopic (exact) mass is 518 g/mol. The molecule has 12 heteroatoms. The minimum atomic E-state index is -3.89. The molecule has 0 aliphatic carbocycles. The Bertz CT molecular complexity index is 1250. The van der Waals surface area contributed by atoms with Crippen molar-refractivity contribution in [2.24, 2.45) is 4.99 Å². The molecule has 196 valence electrons. The van der Waals surface area contributed by atoms with Gasteiger partial charge >= 0.3 is 10.2 Å². The number of carbonyl (C=O) groups excluding carboxylic acids is 2. The van der Waals surface area contributed by atoms with Crippen LogP contribution in [0.1, 0.15) is 37.9 Å². The number of furan rings is 1. The summed E-state index contributed by atoms with van der Waals surface area (Å²) in [5, 5.41) is 3.88. The van der Waals surface area contributed by atoms with Crippen molar-refractivity contribution in [3.8, 4) is 0 Å². The second-order valence-electron chi connectivity index (χ2n) is 9.46. The number of aliphatic imine (C=N–C) groups is 1. The summed E-state index contributed by atoms with van der Waals surface area (Å²) in [4.78, 5) is 34.0. The second-order valence-corrected chi connectivity index (χ2v) is 11.3. The van der Waals surface area contributed by atoms with Crippen LogP contribution < -0.4 is 10.0 Å². The number of aryl methyl sites for hydroxylation is 1. The fraction of sp³-hybridized carbons (Fsp3) is 0.542. The van der Waals surface area contributed by atoms with Crippen LogP contribution in [-0.4, -0.2) is 86.6 Å². The molecule has 2 aliphatic rings. The molecule has 1 aromatic carbocycles. The van der Waals surface area contributed by atoms with E-state index < -0.39 is 16.3 Å². The zero-order valence-corrected chi connectivity index (χ0v) is 21.8. The Hall–Kier alpha value is -3.12. The van der Waals surface area contributed by atoms with Gasteiger partial charge in [0.25, 0.3) is 0 Å². The van der Waals surface area contributed by atoms with E-state index in [1.54, 1.807) is 21.9 Å². The molecule has 2 amide bonds. The Morgan fingerprint density at radius 1 is 1.14 bits per heavy atom. The van der Waals surface area contributed by atoms with E-state index in [0.29, 0.717) is 24.2 Å². The summed E-state index contributed by atoms with van der Waals surface area (Å²) in [5.74, 6) is 0.372. The molecule has 0 radical (unpaired) electrons. The highest BCUT2D eigenvalue weighted by Gasteiger charge is 2.31. The summed E-state index contributed by atoms with van der Waals surface area (Å²) in [6.07, 6.45) is 3.92. The minimum absolute atomic E-state index is 0.0214. The van der Waals surface area contributed by atoms with E-state index in [1.165, 1.54) is 14.1 Å². The van der Waals surface area contributed by atoms with Crippen molar-refractivity contribution in [3.63, 3.8) is 0 Å². The van der Waals surface area contributed by atoms with Gasteiger partial charge in [0.15, 0.2) is 0 Å². The lowest BCUT2D eigenvalue weighted by molar-refractivity contribution is -0.140. The molecule has 2 fully saturated rings. The molecule has 1 atom stereocenters. The van der Waals surface area contributed by atoms with Crippen LogP contribution in [0, 0.1) is 6.92 Å². The first kappa shape index (κ1) is 26.0. The summed E-state index contributed by atoms with van der Waals surface area (Å²) < 4.78 is 34.3. The van der Waals surface area contributed by atoms with Crippen LogP contribution >= 0.6 is 0 Å². The van der Waals surface area contributed by atoms with Crippen LogP contribution in [0.2, 0.25) is 0 Å². The molecule has 0 saturated carbocycles. The van der Waals surface area contributed by atoms with Crippen LogP contribution in [-0.2, 0) is 19.8 Å². The van der Waals surface area contributed by atoms with Crippen LogP contribution in [0.3, 0.4) is 0 Å². The number of rotatable bonds is 6. The average molecular weight is 519 g/mol. The van der Waals surface area contributed by atoms with Gasteiger partial charge < -0.3 is 19.5 Å². The normalized spacial score (nSPS) is 19.7. The van der Waals surface area contributed by atoms with Crippen molar-refractivity contribution in [2.75, 3.05) is 45.6 Å². The highest BCUT2D eigenvalue weighted by molar-refractivity contribution is 7.87. The maximum atomic E-state index is 13.4. The molecule has 0 spiro atoms. The van der Waals surface area contributed by atoms with Crippen molar-refractivity contribution in [1.29, 1.82) is 0 Å². The van der Waals surface area contributed by atoms with E-state index in [0.717, 1.165) is 54.2 Å². The number of nitrogens with one attached hydrogen (secondary N) is 2. The molecule has 4 rings (SSSR count). The lowest BCUT2D eigenvalue weighted by Gasteiger charge is -2.25. The second kappa shape index (κ2) is 10.9. The highest BCUT2D eigenvalue weighted by atomic mass is 32.2. The number of nitrogens with zero attached hydrogens (tertiary/aromatic N) is 4. The van der Waals surface area contributed by atoms with Crippen molar-refractivity contribution in [1.82, 2.24) is 18.8 Å². The van der Waals surface area contributed by atoms with E-state index in [-0.39, 0.29) is 24.3 Å².